The molecule has 1 fully saturated rings. The number of halogens is 1. The van der Waals surface area contributed by atoms with Crippen molar-refractivity contribution in [3.05, 3.63) is 48.0 Å². The lowest BCUT2D eigenvalue weighted by atomic mass is 10.1. The van der Waals surface area contributed by atoms with Crippen LogP contribution in [0.5, 0.6) is 5.75 Å². The van der Waals surface area contributed by atoms with Gasteiger partial charge in [-0.05, 0) is 18.2 Å². The van der Waals surface area contributed by atoms with Crippen LogP contribution in [-0.2, 0) is 18.3 Å². The molecule has 0 amide bonds. The molecule has 2 heterocycles. The highest BCUT2D eigenvalue weighted by Gasteiger charge is 2.33. The molecule has 0 spiro atoms. The summed E-state index contributed by atoms with van der Waals surface area (Å²) in [6, 6.07) is 7.84. The second kappa shape index (κ2) is 7.29. The third-order valence-corrected chi connectivity index (χ3v) is 3.90. The molecule has 1 aromatic heterocycles. The molecule has 0 radical (unpaired) electrons. The summed E-state index contributed by atoms with van der Waals surface area (Å²) in [7, 11) is 1.87. The van der Waals surface area contributed by atoms with Gasteiger partial charge >= 0.3 is 0 Å². The number of aromatic nitrogens is 2. The second-order valence-electron chi connectivity index (χ2n) is 6.21. The summed E-state index contributed by atoms with van der Waals surface area (Å²) in [6.45, 7) is 2.50. The number of aryl methyl sites for hydroxylation is 1. The fraction of sp³-hybridized carbons (Fsp3) is 0.471. The van der Waals surface area contributed by atoms with Crippen LogP contribution in [0.4, 0.5) is 4.39 Å². The quantitative estimate of drug-likeness (QED) is 0.890. The molecule has 24 heavy (non-hydrogen) atoms. The molecule has 1 atom stereocenters. The first kappa shape index (κ1) is 16.9. The van der Waals surface area contributed by atoms with Crippen molar-refractivity contribution in [3.8, 4) is 5.75 Å². The minimum Gasteiger partial charge on any atom is -0.490 e. The molecule has 0 bridgehead atoms. The topological polar surface area (TPSA) is 59.8 Å². The van der Waals surface area contributed by atoms with Crippen molar-refractivity contribution in [2.75, 3.05) is 32.9 Å². The number of aliphatic hydroxyl groups is 1. The molecule has 1 aliphatic heterocycles. The van der Waals surface area contributed by atoms with Gasteiger partial charge in [0.05, 0.1) is 18.9 Å². The summed E-state index contributed by atoms with van der Waals surface area (Å²) in [5, 5.41) is 15.2. The Morgan fingerprint density at radius 2 is 2.29 bits per heavy atom. The van der Waals surface area contributed by atoms with Crippen LogP contribution in [0.2, 0.25) is 0 Å². The van der Waals surface area contributed by atoms with Crippen LogP contribution >= 0.6 is 0 Å². The van der Waals surface area contributed by atoms with E-state index >= 15 is 0 Å². The van der Waals surface area contributed by atoms with Crippen molar-refractivity contribution in [3.63, 3.8) is 0 Å². The Morgan fingerprint density at radius 3 is 3.04 bits per heavy atom. The van der Waals surface area contributed by atoms with Gasteiger partial charge in [0.1, 0.15) is 23.8 Å². The monoisotopic (exact) mass is 335 g/mol. The van der Waals surface area contributed by atoms with Gasteiger partial charge in [-0.3, -0.25) is 9.58 Å². The summed E-state index contributed by atoms with van der Waals surface area (Å²) in [5.74, 6) is 0.0253. The van der Waals surface area contributed by atoms with Crippen LogP contribution in [0, 0.1) is 5.82 Å². The zero-order valence-electron chi connectivity index (χ0n) is 13.7. The highest BCUT2D eigenvalue weighted by atomic mass is 19.1. The van der Waals surface area contributed by atoms with Crippen LogP contribution in [0.15, 0.2) is 36.5 Å². The zero-order chi connectivity index (χ0) is 17.0. The van der Waals surface area contributed by atoms with Crippen molar-refractivity contribution in [1.29, 1.82) is 0 Å². The van der Waals surface area contributed by atoms with Crippen molar-refractivity contribution in [2.24, 2.45) is 7.05 Å². The summed E-state index contributed by atoms with van der Waals surface area (Å²) in [5.41, 5.74) is -0.217. The van der Waals surface area contributed by atoms with Gasteiger partial charge in [0, 0.05) is 38.9 Å². The summed E-state index contributed by atoms with van der Waals surface area (Å²) >= 11 is 0. The molecule has 0 aliphatic carbocycles. The van der Waals surface area contributed by atoms with Gasteiger partial charge in [0.25, 0.3) is 0 Å². The maximum atomic E-state index is 13.2. The number of nitrogens with zero attached hydrogens (tertiary/aromatic N) is 3. The minimum absolute atomic E-state index is 0.0369. The SMILES string of the molecule is Cn1ccc(CN2CCOC[C@@](O)(COc3cccc(F)c3)C2)n1. The molecule has 7 heteroatoms. The Kier molecular flexibility index (Phi) is 5.13. The molecule has 1 aromatic carbocycles. The third-order valence-electron chi connectivity index (χ3n) is 3.90. The molecule has 6 nitrogen and oxygen atoms in total. The first-order chi connectivity index (χ1) is 11.5. The fourth-order valence-electron chi connectivity index (χ4n) is 2.77. The predicted octanol–water partition coefficient (Wildman–Crippen LogP) is 1.20. The van der Waals surface area contributed by atoms with Crippen LogP contribution in [0.25, 0.3) is 0 Å². The summed E-state index contributed by atoms with van der Waals surface area (Å²) in [4.78, 5) is 2.09. The molecule has 1 aliphatic rings. The molecule has 3 rings (SSSR count). The van der Waals surface area contributed by atoms with Crippen molar-refractivity contribution >= 4 is 0 Å². The van der Waals surface area contributed by atoms with E-state index in [1.807, 2.05) is 19.3 Å². The Balaban J connectivity index is 1.62. The van der Waals surface area contributed by atoms with E-state index in [1.54, 1.807) is 16.8 Å². The number of benzene rings is 1. The lowest BCUT2D eigenvalue weighted by Crippen LogP contribution is -2.48. The largest absolute Gasteiger partial charge is 0.490 e. The lowest BCUT2D eigenvalue weighted by molar-refractivity contribution is -0.0647. The van der Waals surface area contributed by atoms with E-state index in [2.05, 4.69) is 10.00 Å². The molecular weight excluding hydrogens is 313 g/mol. The fourth-order valence-corrected chi connectivity index (χ4v) is 2.77. The Bertz CT molecular complexity index is 679. The van der Waals surface area contributed by atoms with Crippen LogP contribution in [0.3, 0.4) is 0 Å². The highest BCUT2D eigenvalue weighted by molar-refractivity contribution is 5.22. The summed E-state index contributed by atoms with van der Waals surface area (Å²) in [6.07, 6.45) is 1.89. The summed E-state index contributed by atoms with van der Waals surface area (Å²) < 4.78 is 26.1. The highest BCUT2D eigenvalue weighted by Crippen LogP contribution is 2.18. The Morgan fingerprint density at radius 1 is 1.42 bits per heavy atom. The molecule has 1 N–H and O–H groups in total. The Labute approximate surface area is 140 Å². The lowest BCUT2D eigenvalue weighted by Gasteiger charge is -2.30. The first-order valence-corrected chi connectivity index (χ1v) is 7.92. The van der Waals surface area contributed by atoms with E-state index in [4.69, 9.17) is 9.47 Å². The standard InChI is InChI=1S/C17H22FN3O3/c1-20-6-5-15(19-20)10-21-7-8-23-12-17(22,11-21)13-24-16-4-2-3-14(18)9-16/h2-6,9,22H,7-8,10-13H2,1H3/t17-/m1/s1. The van der Waals surface area contributed by atoms with Gasteiger partial charge in [-0.15, -0.1) is 0 Å². The van der Waals surface area contributed by atoms with E-state index in [0.717, 1.165) is 5.69 Å². The number of ether oxygens (including phenoxy) is 2. The molecule has 130 valence electrons. The number of rotatable bonds is 5. The van der Waals surface area contributed by atoms with Gasteiger partial charge in [-0.25, -0.2) is 4.39 Å². The second-order valence-corrected chi connectivity index (χ2v) is 6.21. The van der Waals surface area contributed by atoms with Crippen molar-refractivity contribution in [1.82, 2.24) is 14.7 Å². The molecule has 0 saturated carbocycles. The smallest absolute Gasteiger partial charge is 0.134 e. The first-order valence-electron chi connectivity index (χ1n) is 7.92. The molecular formula is C17H22FN3O3. The van der Waals surface area contributed by atoms with Gasteiger partial charge in [0.15, 0.2) is 0 Å². The van der Waals surface area contributed by atoms with Gasteiger partial charge < -0.3 is 14.6 Å². The number of hydrogen-bond donors (Lipinski definition) is 1. The number of β-amino-alcohol motifs (C(OH)–C–C–N with tert-alkyl or cyclic N) is 1. The maximum absolute atomic E-state index is 13.2. The van der Waals surface area contributed by atoms with E-state index < -0.39 is 5.60 Å². The van der Waals surface area contributed by atoms with Crippen LogP contribution in [0.1, 0.15) is 5.69 Å². The van der Waals surface area contributed by atoms with E-state index in [0.29, 0.717) is 32.0 Å². The average Bonchev–Trinajstić information content (AvgIpc) is 2.85. The average molecular weight is 335 g/mol. The van der Waals surface area contributed by atoms with Crippen molar-refractivity contribution in [2.45, 2.75) is 12.1 Å². The molecule has 2 aromatic rings. The van der Waals surface area contributed by atoms with Gasteiger partial charge in [-0.2, -0.15) is 5.10 Å². The van der Waals surface area contributed by atoms with Crippen LogP contribution in [-0.4, -0.2) is 58.3 Å². The normalized spacial score (nSPS) is 22.3. The third kappa shape index (κ3) is 4.53. The molecule has 0 unspecified atom stereocenters. The molecule has 1 saturated heterocycles. The van der Waals surface area contributed by atoms with E-state index in [1.165, 1.54) is 12.1 Å². The van der Waals surface area contributed by atoms with Crippen molar-refractivity contribution < 1.29 is 19.0 Å². The zero-order valence-corrected chi connectivity index (χ0v) is 13.7. The van der Waals surface area contributed by atoms with E-state index in [-0.39, 0.29) is 19.0 Å². The predicted molar refractivity (Wildman–Crippen MR) is 86.1 cm³/mol. The minimum atomic E-state index is -1.16. The van der Waals surface area contributed by atoms with Gasteiger partial charge in [-0.1, -0.05) is 6.07 Å². The van der Waals surface area contributed by atoms with Crippen LogP contribution < -0.4 is 4.74 Å². The number of hydrogen-bond acceptors (Lipinski definition) is 5. The van der Waals surface area contributed by atoms with Gasteiger partial charge in [0.2, 0.25) is 0 Å². The Hall–Kier alpha value is -1.96. The maximum Gasteiger partial charge on any atom is 0.134 e. The van der Waals surface area contributed by atoms with E-state index in [9.17, 15) is 9.50 Å².